The van der Waals surface area contributed by atoms with Crippen LogP contribution >= 0.6 is 0 Å². The molecule has 0 aromatic heterocycles. The molecule has 5 rings (SSSR count). The van der Waals surface area contributed by atoms with Gasteiger partial charge in [0.25, 0.3) is 0 Å². The van der Waals surface area contributed by atoms with Crippen LogP contribution < -0.4 is 9.46 Å². The van der Waals surface area contributed by atoms with E-state index in [1.165, 1.54) is 5.39 Å². The maximum absolute atomic E-state index is 12.9. The summed E-state index contributed by atoms with van der Waals surface area (Å²) < 4.78 is 34.8. The van der Waals surface area contributed by atoms with E-state index in [1.807, 2.05) is 54.6 Å². The summed E-state index contributed by atoms with van der Waals surface area (Å²) in [5.74, 6) is 0.908. The van der Waals surface area contributed by atoms with Crippen LogP contribution in [0.25, 0.3) is 21.5 Å². The third-order valence-electron chi connectivity index (χ3n) is 6.36. The Morgan fingerprint density at radius 3 is 2.33 bits per heavy atom. The normalized spacial score (nSPS) is 15.8. The van der Waals surface area contributed by atoms with Crippen LogP contribution in [0.2, 0.25) is 0 Å². The molecule has 0 saturated carbocycles. The van der Waals surface area contributed by atoms with Gasteiger partial charge < -0.3 is 4.74 Å². The Hall–Kier alpha value is -2.93. The molecule has 4 aromatic carbocycles. The summed E-state index contributed by atoms with van der Waals surface area (Å²) in [5.41, 5.74) is 0. The standard InChI is InChI=1S/C27H28N2O3S/c30-33(31,25-13-12-21-6-1-2-8-23(21)20-25)28-24-14-16-29(17-15-24)18-19-32-27-11-5-9-22-7-3-4-10-26(22)27/h1-13,20,24,28H,14-19H2. The first-order valence-electron chi connectivity index (χ1n) is 11.4. The maximum Gasteiger partial charge on any atom is 0.240 e. The molecule has 0 bridgehead atoms. The monoisotopic (exact) mass is 460 g/mol. The summed E-state index contributed by atoms with van der Waals surface area (Å²) in [6.45, 7) is 3.14. The van der Waals surface area contributed by atoms with E-state index in [2.05, 4.69) is 27.8 Å². The molecule has 0 spiro atoms. The van der Waals surface area contributed by atoms with Crippen molar-refractivity contribution in [2.24, 2.45) is 0 Å². The van der Waals surface area contributed by atoms with E-state index in [9.17, 15) is 8.42 Å². The summed E-state index contributed by atoms with van der Waals surface area (Å²) in [7, 11) is -3.54. The lowest BCUT2D eigenvalue weighted by molar-refractivity contribution is 0.171. The molecule has 5 nitrogen and oxygen atoms in total. The Morgan fingerprint density at radius 2 is 1.52 bits per heavy atom. The number of hydrogen-bond donors (Lipinski definition) is 1. The number of likely N-dealkylation sites (tertiary alicyclic amines) is 1. The van der Waals surface area contributed by atoms with Crippen LogP contribution in [0.1, 0.15) is 12.8 Å². The second-order valence-corrected chi connectivity index (χ2v) is 10.3. The van der Waals surface area contributed by atoms with Crippen molar-refractivity contribution in [1.29, 1.82) is 0 Å². The fourth-order valence-electron chi connectivity index (χ4n) is 4.50. The zero-order valence-electron chi connectivity index (χ0n) is 18.5. The maximum atomic E-state index is 12.9. The summed E-state index contributed by atoms with van der Waals surface area (Å²) in [5, 5.41) is 4.27. The third kappa shape index (κ3) is 5.03. The highest BCUT2D eigenvalue weighted by atomic mass is 32.2. The molecule has 170 valence electrons. The molecule has 0 aliphatic carbocycles. The average Bonchev–Trinajstić information content (AvgIpc) is 2.85. The van der Waals surface area contributed by atoms with Crippen LogP contribution in [-0.4, -0.2) is 45.6 Å². The van der Waals surface area contributed by atoms with Crippen molar-refractivity contribution in [3.8, 4) is 5.75 Å². The van der Waals surface area contributed by atoms with Crippen molar-refractivity contribution in [2.45, 2.75) is 23.8 Å². The summed E-state index contributed by atoms with van der Waals surface area (Å²) in [6.07, 6.45) is 1.59. The van der Waals surface area contributed by atoms with Gasteiger partial charge in [0.2, 0.25) is 10.0 Å². The first kappa shape index (κ1) is 21.9. The Balaban J connectivity index is 1.13. The summed E-state index contributed by atoms with van der Waals surface area (Å²) in [4.78, 5) is 2.67. The predicted molar refractivity (Wildman–Crippen MR) is 133 cm³/mol. The molecule has 1 N–H and O–H groups in total. The first-order valence-corrected chi connectivity index (χ1v) is 12.9. The minimum Gasteiger partial charge on any atom is -0.492 e. The highest BCUT2D eigenvalue weighted by Gasteiger charge is 2.24. The molecule has 6 heteroatoms. The number of hydrogen-bond acceptors (Lipinski definition) is 4. The molecule has 4 aromatic rings. The smallest absolute Gasteiger partial charge is 0.240 e. The Morgan fingerprint density at radius 1 is 0.818 bits per heavy atom. The lowest BCUT2D eigenvalue weighted by atomic mass is 10.1. The van der Waals surface area contributed by atoms with E-state index >= 15 is 0 Å². The Labute approximate surface area is 195 Å². The molecule has 1 aliphatic rings. The van der Waals surface area contributed by atoms with Crippen molar-refractivity contribution < 1.29 is 13.2 Å². The van der Waals surface area contributed by atoms with E-state index in [1.54, 1.807) is 12.1 Å². The zero-order chi connectivity index (χ0) is 22.7. The fraction of sp³-hybridized carbons (Fsp3) is 0.259. The third-order valence-corrected chi connectivity index (χ3v) is 7.87. The van der Waals surface area contributed by atoms with Crippen molar-refractivity contribution in [3.63, 3.8) is 0 Å². The van der Waals surface area contributed by atoms with Gasteiger partial charge in [0.05, 0.1) is 4.90 Å². The Kier molecular flexibility index (Phi) is 6.31. The van der Waals surface area contributed by atoms with Gasteiger partial charge in [0.15, 0.2) is 0 Å². The topological polar surface area (TPSA) is 58.6 Å². The molecule has 1 heterocycles. The van der Waals surface area contributed by atoms with E-state index in [-0.39, 0.29) is 6.04 Å². The lowest BCUT2D eigenvalue weighted by Crippen LogP contribution is -2.45. The van der Waals surface area contributed by atoms with E-state index in [4.69, 9.17) is 4.74 Å². The highest BCUT2D eigenvalue weighted by Crippen LogP contribution is 2.25. The summed E-state index contributed by atoms with van der Waals surface area (Å²) >= 11 is 0. The zero-order valence-corrected chi connectivity index (χ0v) is 19.3. The van der Waals surface area contributed by atoms with Gasteiger partial charge in [-0.1, -0.05) is 66.7 Å². The van der Waals surface area contributed by atoms with Crippen molar-refractivity contribution in [2.75, 3.05) is 26.2 Å². The molecule has 1 aliphatic heterocycles. The molecular formula is C27H28N2O3S. The van der Waals surface area contributed by atoms with Crippen LogP contribution in [0.3, 0.4) is 0 Å². The second-order valence-electron chi connectivity index (χ2n) is 8.57. The molecular weight excluding hydrogens is 432 g/mol. The van der Waals surface area contributed by atoms with Gasteiger partial charge in [-0.25, -0.2) is 13.1 Å². The number of benzene rings is 4. The molecule has 1 fully saturated rings. The van der Waals surface area contributed by atoms with Gasteiger partial charge >= 0.3 is 0 Å². The largest absolute Gasteiger partial charge is 0.492 e. The van der Waals surface area contributed by atoms with Crippen LogP contribution in [0.4, 0.5) is 0 Å². The second kappa shape index (κ2) is 9.51. The van der Waals surface area contributed by atoms with Gasteiger partial charge in [0.1, 0.15) is 12.4 Å². The molecule has 0 amide bonds. The average molecular weight is 461 g/mol. The SMILES string of the molecule is O=S(=O)(NC1CCN(CCOc2cccc3ccccc23)CC1)c1ccc2ccccc2c1. The number of sulfonamides is 1. The molecule has 0 radical (unpaired) electrons. The number of fused-ring (bicyclic) bond motifs is 2. The predicted octanol–water partition coefficient (Wildman–Crippen LogP) is 4.81. The van der Waals surface area contributed by atoms with Gasteiger partial charge in [0, 0.05) is 18.0 Å². The van der Waals surface area contributed by atoms with Crippen molar-refractivity contribution in [3.05, 3.63) is 84.9 Å². The Bertz CT molecular complexity index is 1360. The minimum atomic E-state index is -3.54. The van der Waals surface area contributed by atoms with E-state index < -0.39 is 10.0 Å². The van der Waals surface area contributed by atoms with Crippen molar-refractivity contribution >= 4 is 31.6 Å². The lowest BCUT2D eigenvalue weighted by Gasteiger charge is -2.32. The highest BCUT2D eigenvalue weighted by molar-refractivity contribution is 7.89. The van der Waals surface area contributed by atoms with Gasteiger partial charge in [-0.15, -0.1) is 0 Å². The number of nitrogens with one attached hydrogen (secondary N) is 1. The van der Waals surface area contributed by atoms with Gasteiger partial charge in [-0.2, -0.15) is 0 Å². The van der Waals surface area contributed by atoms with Crippen LogP contribution in [0.15, 0.2) is 89.8 Å². The molecule has 33 heavy (non-hydrogen) atoms. The van der Waals surface area contributed by atoms with Crippen LogP contribution in [0.5, 0.6) is 5.75 Å². The number of nitrogens with zero attached hydrogens (tertiary/aromatic N) is 1. The fourth-order valence-corrected chi connectivity index (χ4v) is 5.84. The molecule has 1 saturated heterocycles. The van der Waals surface area contributed by atoms with Gasteiger partial charge in [-0.3, -0.25) is 4.90 Å². The number of piperidine rings is 1. The molecule has 0 unspecified atom stereocenters. The summed E-state index contributed by atoms with van der Waals surface area (Å²) in [6, 6.07) is 27.4. The first-order chi connectivity index (χ1) is 16.1. The van der Waals surface area contributed by atoms with Crippen molar-refractivity contribution in [1.82, 2.24) is 9.62 Å². The van der Waals surface area contributed by atoms with E-state index in [0.29, 0.717) is 11.5 Å². The van der Waals surface area contributed by atoms with Crippen LogP contribution in [0, 0.1) is 0 Å². The minimum absolute atomic E-state index is 0.0447. The van der Waals surface area contributed by atoms with E-state index in [0.717, 1.165) is 54.4 Å². The number of rotatable bonds is 7. The van der Waals surface area contributed by atoms with Gasteiger partial charge in [-0.05, 0) is 60.3 Å². The number of ether oxygens (including phenoxy) is 1. The quantitative estimate of drug-likeness (QED) is 0.430. The van der Waals surface area contributed by atoms with Crippen LogP contribution in [-0.2, 0) is 10.0 Å². The molecule has 0 atom stereocenters.